The lowest BCUT2D eigenvalue weighted by atomic mass is 9.83. The molecule has 0 radical (unpaired) electrons. The molecule has 122 valence electrons. The van der Waals surface area contributed by atoms with Gasteiger partial charge in [-0.1, -0.05) is 52.3 Å². The van der Waals surface area contributed by atoms with Crippen molar-refractivity contribution >= 4 is 39.3 Å². The number of Topliss-reactive ketones (excluding diaryl/α,β-unsaturated/α-hetero) is 1. The average Bonchev–Trinajstić information content (AvgIpc) is 2.55. The maximum Gasteiger partial charge on any atom is 0.319 e. The van der Waals surface area contributed by atoms with E-state index in [-0.39, 0.29) is 11.8 Å². The molecule has 3 rings (SSSR count). The van der Waals surface area contributed by atoms with Crippen molar-refractivity contribution in [2.45, 2.75) is 6.04 Å². The van der Waals surface area contributed by atoms with E-state index in [1.54, 1.807) is 24.3 Å². The Kier molecular flexibility index (Phi) is 4.73. The second kappa shape index (κ2) is 6.79. The smallest absolute Gasteiger partial charge is 0.319 e. The molecule has 0 saturated carbocycles. The number of hydrogen-bond acceptors (Lipinski definition) is 2. The number of amides is 2. The van der Waals surface area contributed by atoms with Gasteiger partial charge in [-0.25, -0.2) is 4.79 Å². The van der Waals surface area contributed by atoms with Gasteiger partial charge in [0.25, 0.3) is 0 Å². The van der Waals surface area contributed by atoms with E-state index in [0.29, 0.717) is 16.3 Å². The van der Waals surface area contributed by atoms with Crippen LogP contribution in [0.15, 0.2) is 65.3 Å². The summed E-state index contributed by atoms with van der Waals surface area (Å²) in [6.07, 6.45) is 0. The third kappa shape index (κ3) is 3.23. The molecule has 2 N–H and O–H groups in total. The van der Waals surface area contributed by atoms with Crippen LogP contribution in [0.5, 0.6) is 0 Å². The number of nitrogens with one attached hydrogen (secondary N) is 2. The maximum atomic E-state index is 13.0. The van der Waals surface area contributed by atoms with Crippen LogP contribution in [0, 0.1) is 5.92 Å². The molecule has 1 aliphatic heterocycles. The van der Waals surface area contributed by atoms with Crippen molar-refractivity contribution in [3.05, 3.63) is 81.4 Å². The fourth-order valence-corrected chi connectivity index (χ4v) is 3.43. The van der Waals surface area contributed by atoms with Crippen molar-refractivity contribution in [3.8, 4) is 0 Å². The van der Waals surface area contributed by atoms with Crippen LogP contribution in [-0.2, 0) is 0 Å². The minimum absolute atomic E-state index is 0.134. The highest BCUT2D eigenvalue weighted by atomic mass is 79.9. The van der Waals surface area contributed by atoms with E-state index in [2.05, 4.69) is 33.1 Å². The van der Waals surface area contributed by atoms with Gasteiger partial charge in [0.15, 0.2) is 5.78 Å². The van der Waals surface area contributed by atoms with Gasteiger partial charge in [0.1, 0.15) is 0 Å². The fraction of sp³-hybridized carbons (Fsp3) is 0.111. The third-order valence-electron chi connectivity index (χ3n) is 3.92. The van der Waals surface area contributed by atoms with Gasteiger partial charge >= 0.3 is 6.03 Å². The lowest BCUT2D eigenvalue weighted by Gasteiger charge is -2.34. The van der Waals surface area contributed by atoms with Gasteiger partial charge in [-0.15, -0.1) is 0 Å². The summed E-state index contributed by atoms with van der Waals surface area (Å²) in [6.45, 7) is 3.88. The zero-order valence-corrected chi connectivity index (χ0v) is 14.9. The predicted octanol–water partition coefficient (Wildman–Crippen LogP) is 4.47. The second-order valence-electron chi connectivity index (χ2n) is 5.47. The maximum absolute atomic E-state index is 13.0. The molecule has 0 bridgehead atoms. The SMILES string of the molecule is C=C1NC(=O)N[C@H](c2ccccc2Br)[C@@H]1C(=O)c1ccc(Cl)cc1. The molecule has 0 aliphatic carbocycles. The van der Waals surface area contributed by atoms with E-state index in [1.807, 2.05) is 24.3 Å². The van der Waals surface area contributed by atoms with Crippen molar-refractivity contribution in [3.63, 3.8) is 0 Å². The number of urea groups is 1. The standard InChI is InChI=1S/C18H14BrClN2O2/c1-10-15(17(23)11-6-8-12(20)9-7-11)16(22-18(24)21-10)13-4-2-3-5-14(13)19/h2-9,15-16H,1H2,(H2,21,22,24)/t15-,16-/m1/s1. The Morgan fingerprint density at radius 2 is 1.79 bits per heavy atom. The molecule has 1 saturated heterocycles. The highest BCUT2D eigenvalue weighted by Gasteiger charge is 2.38. The molecule has 4 nitrogen and oxygen atoms in total. The first-order valence-electron chi connectivity index (χ1n) is 7.28. The zero-order valence-electron chi connectivity index (χ0n) is 12.6. The normalized spacial score (nSPS) is 20.2. The van der Waals surface area contributed by atoms with Crippen molar-refractivity contribution in [1.82, 2.24) is 10.6 Å². The summed E-state index contributed by atoms with van der Waals surface area (Å²) in [4.78, 5) is 24.9. The number of carbonyl (C=O) groups excluding carboxylic acids is 2. The van der Waals surface area contributed by atoms with Crippen LogP contribution in [0.1, 0.15) is 22.0 Å². The number of halogens is 2. The Bertz CT molecular complexity index is 820. The first-order chi connectivity index (χ1) is 11.5. The zero-order chi connectivity index (χ0) is 17.3. The van der Waals surface area contributed by atoms with Crippen LogP contribution in [-0.4, -0.2) is 11.8 Å². The van der Waals surface area contributed by atoms with E-state index in [4.69, 9.17) is 11.6 Å². The summed E-state index contributed by atoms with van der Waals surface area (Å²) < 4.78 is 0.818. The molecule has 2 atom stereocenters. The lowest BCUT2D eigenvalue weighted by molar-refractivity contribution is 0.0905. The summed E-state index contributed by atoms with van der Waals surface area (Å²) in [5.74, 6) is -0.757. The molecule has 0 aromatic heterocycles. The van der Waals surface area contributed by atoms with Crippen molar-refractivity contribution in [2.24, 2.45) is 5.92 Å². The highest BCUT2D eigenvalue weighted by molar-refractivity contribution is 9.10. The van der Waals surface area contributed by atoms with Crippen LogP contribution >= 0.6 is 27.5 Å². The summed E-state index contributed by atoms with van der Waals surface area (Å²) in [6, 6.07) is 13.3. The summed E-state index contributed by atoms with van der Waals surface area (Å²) in [5.41, 5.74) is 1.71. The Labute approximate surface area is 153 Å². The Morgan fingerprint density at radius 3 is 2.46 bits per heavy atom. The number of rotatable bonds is 3. The van der Waals surface area contributed by atoms with Gasteiger partial charge in [-0.05, 0) is 35.9 Å². The molecule has 0 unspecified atom stereocenters. The number of carbonyl (C=O) groups is 2. The van der Waals surface area contributed by atoms with Gasteiger partial charge in [0, 0.05) is 20.8 Å². The molecule has 1 aliphatic rings. The van der Waals surface area contributed by atoms with E-state index in [0.717, 1.165) is 10.0 Å². The van der Waals surface area contributed by atoms with Crippen LogP contribution in [0.4, 0.5) is 4.79 Å². The van der Waals surface area contributed by atoms with Crippen molar-refractivity contribution in [1.29, 1.82) is 0 Å². The molecular weight excluding hydrogens is 392 g/mol. The first-order valence-corrected chi connectivity index (χ1v) is 8.45. The second-order valence-corrected chi connectivity index (χ2v) is 6.76. The van der Waals surface area contributed by atoms with Crippen molar-refractivity contribution in [2.75, 3.05) is 0 Å². The minimum Gasteiger partial charge on any atom is -0.330 e. The van der Waals surface area contributed by atoms with E-state index in [9.17, 15) is 9.59 Å². The minimum atomic E-state index is -0.623. The highest BCUT2D eigenvalue weighted by Crippen LogP contribution is 2.35. The molecule has 1 heterocycles. The van der Waals surface area contributed by atoms with Crippen LogP contribution in [0.3, 0.4) is 0 Å². The molecule has 6 heteroatoms. The Balaban J connectivity index is 2.02. The predicted molar refractivity (Wildman–Crippen MR) is 97.0 cm³/mol. The number of benzene rings is 2. The molecular formula is C18H14BrClN2O2. The Hall–Kier alpha value is -2.11. The third-order valence-corrected chi connectivity index (χ3v) is 4.90. The average molecular weight is 406 g/mol. The lowest BCUT2D eigenvalue weighted by Crippen LogP contribution is -2.50. The van der Waals surface area contributed by atoms with E-state index >= 15 is 0 Å². The van der Waals surface area contributed by atoms with E-state index < -0.39 is 12.0 Å². The van der Waals surface area contributed by atoms with Gasteiger partial charge in [-0.2, -0.15) is 0 Å². The summed E-state index contributed by atoms with van der Waals surface area (Å²) >= 11 is 9.37. The van der Waals surface area contributed by atoms with Crippen LogP contribution < -0.4 is 10.6 Å². The summed E-state index contributed by atoms with van der Waals surface area (Å²) in [5, 5.41) is 5.99. The first kappa shape index (κ1) is 16.7. The quantitative estimate of drug-likeness (QED) is 0.740. The Morgan fingerprint density at radius 1 is 1.12 bits per heavy atom. The van der Waals surface area contributed by atoms with Gasteiger partial charge in [0.2, 0.25) is 0 Å². The van der Waals surface area contributed by atoms with Gasteiger partial charge in [-0.3, -0.25) is 4.79 Å². The van der Waals surface area contributed by atoms with Gasteiger partial charge in [0.05, 0.1) is 12.0 Å². The van der Waals surface area contributed by atoms with E-state index in [1.165, 1.54) is 0 Å². The molecule has 2 aromatic rings. The van der Waals surface area contributed by atoms with Crippen molar-refractivity contribution < 1.29 is 9.59 Å². The topological polar surface area (TPSA) is 58.2 Å². The van der Waals surface area contributed by atoms with Gasteiger partial charge < -0.3 is 10.6 Å². The number of ketones is 1. The molecule has 0 spiro atoms. The molecule has 2 amide bonds. The molecule has 1 fully saturated rings. The van der Waals surface area contributed by atoms with Crippen LogP contribution in [0.25, 0.3) is 0 Å². The summed E-state index contributed by atoms with van der Waals surface area (Å²) in [7, 11) is 0. The largest absolute Gasteiger partial charge is 0.330 e. The molecule has 2 aromatic carbocycles. The molecule has 24 heavy (non-hydrogen) atoms. The monoisotopic (exact) mass is 404 g/mol. The van der Waals surface area contributed by atoms with Crippen LogP contribution in [0.2, 0.25) is 5.02 Å². The fourth-order valence-electron chi connectivity index (χ4n) is 2.77. The number of hydrogen-bond donors (Lipinski definition) is 2.